The fraction of sp³-hybridized carbons (Fsp3) is 0.400. The Morgan fingerprint density at radius 1 is 1.42 bits per heavy atom. The van der Waals surface area contributed by atoms with E-state index in [1.807, 2.05) is 11.0 Å². The second-order valence-corrected chi connectivity index (χ2v) is 10.4. The van der Waals surface area contributed by atoms with Gasteiger partial charge in [-0.25, -0.2) is 4.98 Å². The summed E-state index contributed by atoms with van der Waals surface area (Å²) in [5, 5.41) is 0. The summed E-state index contributed by atoms with van der Waals surface area (Å²) in [6, 6.07) is 8.60. The van der Waals surface area contributed by atoms with Gasteiger partial charge in [0.25, 0.3) is 0 Å². The Balaban J connectivity index is 1.42. The van der Waals surface area contributed by atoms with Crippen molar-refractivity contribution in [3.8, 4) is 0 Å². The molecule has 1 amide bonds. The lowest BCUT2D eigenvalue weighted by molar-refractivity contribution is -0.152. The number of para-hydroxylation sites is 1. The monoisotopic (exact) mass is 402 g/mol. The Kier molecular flexibility index (Phi) is 4.98. The lowest BCUT2D eigenvalue weighted by atomic mass is 9.79. The predicted molar refractivity (Wildman–Crippen MR) is 115 cm³/mol. The molecular formula is C20H23N2OPS2. The van der Waals surface area contributed by atoms with Crippen LogP contribution in [0.4, 0.5) is 0 Å². The quantitative estimate of drug-likeness (QED) is 0.403. The minimum absolute atomic E-state index is 0.146. The maximum Gasteiger partial charge on any atom is 0.232 e. The van der Waals surface area contributed by atoms with E-state index in [0.29, 0.717) is 17.6 Å². The van der Waals surface area contributed by atoms with Crippen molar-refractivity contribution in [2.75, 3.05) is 5.75 Å². The van der Waals surface area contributed by atoms with Gasteiger partial charge in [-0.15, -0.1) is 20.6 Å². The van der Waals surface area contributed by atoms with Crippen LogP contribution < -0.4 is 0 Å². The van der Waals surface area contributed by atoms with Crippen molar-refractivity contribution in [2.45, 2.75) is 36.8 Å². The Hall–Kier alpha value is -1.16. The maximum atomic E-state index is 12.4. The standard InChI is InChI=1S/C20H23N2OPS2/c1-11-14(12(2)22-18(11)17(13(3)24)19(22)23)7-6-10-25-20-21-15-8-4-5-9-16(15)26-20/h4-9,11,13,17-18H,10,24H2,1-3H3/b7-6+/t11-,13+,17+,18+/m0/s1. The number of nitrogens with zero attached hydrogens (tertiary/aromatic N) is 2. The first-order valence-corrected chi connectivity index (χ1v) is 11.4. The fourth-order valence-electron chi connectivity index (χ4n) is 4.12. The van der Waals surface area contributed by atoms with Crippen LogP contribution in [0.3, 0.4) is 0 Å². The van der Waals surface area contributed by atoms with Crippen LogP contribution >= 0.6 is 32.3 Å². The van der Waals surface area contributed by atoms with E-state index in [0.717, 1.165) is 21.3 Å². The summed E-state index contributed by atoms with van der Waals surface area (Å²) in [6.45, 7) is 6.45. The number of carbonyl (C=O) groups is 1. The summed E-state index contributed by atoms with van der Waals surface area (Å²) in [7, 11) is 2.80. The zero-order valence-corrected chi connectivity index (χ0v) is 18.0. The lowest BCUT2D eigenvalue weighted by Gasteiger charge is -2.47. The van der Waals surface area contributed by atoms with Gasteiger partial charge in [0, 0.05) is 17.4 Å². The van der Waals surface area contributed by atoms with Gasteiger partial charge in [-0.3, -0.25) is 4.79 Å². The Morgan fingerprint density at radius 2 is 2.19 bits per heavy atom. The Bertz CT molecular complexity index is 884. The van der Waals surface area contributed by atoms with Gasteiger partial charge >= 0.3 is 0 Å². The first kappa shape index (κ1) is 18.2. The summed E-state index contributed by atoms with van der Waals surface area (Å²) in [6.07, 6.45) is 4.43. The molecule has 2 aliphatic heterocycles. The third-order valence-corrected chi connectivity index (χ3v) is 7.96. The number of fused-ring (bicyclic) bond motifs is 2. The molecule has 0 spiro atoms. The summed E-state index contributed by atoms with van der Waals surface area (Å²) < 4.78 is 2.35. The zero-order valence-electron chi connectivity index (χ0n) is 15.2. The van der Waals surface area contributed by atoms with Crippen molar-refractivity contribution in [3.63, 3.8) is 0 Å². The molecule has 1 fully saturated rings. The highest BCUT2D eigenvalue weighted by Gasteiger charge is 2.56. The minimum atomic E-state index is 0.146. The SMILES string of the molecule is CC1=C(/C=C/CSc2nc3ccccc3s2)[C@H](C)[C@@H]2[C@@H]([C@@H](C)P)C(=O)N12. The molecule has 1 unspecified atom stereocenters. The summed E-state index contributed by atoms with van der Waals surface area (Å²) >= 11 is 3.52. The Labute approximate surface area is 165 Å². The average Bonchev–Trinajstić information content (AvgIpc) is 3.09. The van der Waals surface area contributed by atoms with E-state index in [2.05, 4.69) is 65.3 Å². The molecule has 1 aromatic carbocycles. The molecule has 3 nitrogen and oxygen atoms in total. The summed E-state index contributed by atoms with van der Waals surface area (Å²) in [4.78, 5) is 19.1. The first-order chi connectivity index (χ1) is 12.5. The number of rotatable bonds is 5. The van der Waals surface area contributed by atoms with Crippen LogP contribution in [0.15, 0.2) is 52.0 Å². The van der Waals surface area contributed by atoms with Crippen LogP contribution in [0.5, 0.6) is 0 Å². The van der Waals surface area contributed by atoms with Crippen molar-refractivity contribution >= 4 is 48.5 Å². The second-order valence-electron chi connectivity index (χ2n) is 7.07. The molecule has 0 aliphatic carbocycles. The van der Waals surface area contributed by atoms with E-state index in [-0.39, 0.29) is 11.8 Å². The number of β-lactam (4-membered cyclic amide) rings is 1. The van der Waals surface area contributed by atoms with E-state index < -0.39 is 0 Å². The van der Waals surface area contributed by atoms with E-state index in [1.165, 1.54) is 10.3 Å². The summed E-state index contributed by atoms with van der Waals surface area (Å²) in [5.41, 5.74) is 3.85. The van der Waals surface area contributed by atoms with Crippen molar-refractivity contribution in [3.05, 3.63) is 47.7 Å². The van der Waals surface area contributed by atoms with Gasteiger partial charge in [-0.05, 0) is 30.3 Å². The highest BCUT2D eigenvalue weighted by molar-refractivity contribution is 8.01. The van der Waals surface area contributed by atoms with Crippen LogP contribution in [0, 0.1) is 11.8 Å². The number of amides is 1. The average molecular weight is 403 g/mol. The normalized spacial score (nSPS) is 26.7. The summed E-state index contributed by atoms with van der Waals surface area (Å²) in [5.74, 6) is 1.73. The van der Waals surface area contributed by atoms with E-state index in [9.17, 15) is 4.79 Å². The van der Waals surface area contributed by atoms with Crippen molar-refractivity contribution < 1.29 is 4.79 Å². The van der Waals surface area contributed by atoms with Crippen LogP contribution in [0.25, 0.3) is 10.2 Å². The molecule has 0 bridgehead atoms. The van der Waals surface area contributed by atoms with Gasteiger partial charge in [-0.1, -0.05) is 49.9 Å². The number of thioether (sulfide) groups is 1. The van der Waals surface area contributed by atoms with E-state index >= 15 is 0 Å². The molecular weight excluding hydrogens is 379 g/mol. The van der Waals surface area contributed by atoms with Crippen molar-refractivity contribution in [2.24, 2.45) is 11.8 Å². The second kappa shape index (κ2) is 7.10. The van der Waals surface area contributed by atoms with Gasteiger partial charge in [0.05, 0.1) is 22.2 Å². The zero-order chi connectivity index (χ0) is 18.4. The Morgan fingerprint density at radius 3 is 2.92 bits per heavy atom. The molecule has 0 saturated carbocycles. The van der Waals surface area contributed by atoms with Crippen LogP contribution in [-0.4, -0.2) is 33.2 Å². The third-order valence-electron chi connectivity index (χ3n) is 5.41. The van der Waals surface area contributed by atoms with Gasteiger partial charge < -0.3 is 4.90 Å². The number of aromatic nitrogens is 1. The van der Waals surface area contributed by atoms with Crippen LogP contribution in [0.1, 0.15) is 20.8 Å². The molecule has 0 radical (unpaired) electrons. The van der Waals surface area contributed by atoms with Crippen molar-refractivity contribution in [1.82, 2.24) is 9.88 Å². The number of carbonyl (C=O) groups excluding carboxylic acids is 1. The largest absolute Gasteiger partial charge is 0.311 e. The highest BCUT2D eigenvalue weighted by Crippen LogP contribution is 2.48. The van der Waals surface area contributed by atoms with Gasteiger partial charge in [0.15, 0.2) is 4.34 Å². The number of allylic oxidation sites excluding steroid dienone is 2. The third kappa shape index (κ3) is 2.94. The molecule has 3 heterocycles. The van der Waals surface area contributed by atoms with Gasteiger partial charge in [0.1, 0.15) is 0 Å². The molecule has 6 heteroatoms. The van der Waals surface area contributed by atoms with Gasteiger partial charge in [0.2, 0.25) is 5.91 Å². The first-order valence-electron chi connectivity index (χ1n) is 8.93. The number of hydrogen-bond donors (Lipinski definition) is 0. The van der Waals surface area contributed by atoms with Crippen molar-refractivity contribution in [1.29, 1.82) is 0 Å². The van der Waals surface area contributed by atoms with Crippen LogP contribution in [0.2, 0.25) is 0 Å². The number of benzene rings is 1. The topological polar surface area (TPSA) is 33.2 Å². The fourth-order valence-corrected chi connectivity index (χ4v) is 6.42. The minimum Gasteiger partial charge on any atom is -0.311 e. The molecule has 1 aromatic heterocycles. The molecule has 0 N–H and O–H groups in total. The number of hydrogen-bond acceptors (Lipinski definition) is 4. The van der Waals surface area contributed by atoms with Crippen LogP contribution in [-0.2, 0) is 4.79 Å². The molecule has 2 aliphatic rings. The van der Waals surface area contributed by atoms with E-state index in [4.69, 9.17) is 0 Å². The molecule has 1 saturated heterocycles. The van der Waals surface area contributed by atoms with E-state index in [1.54, 1.807) is 23.1 Å². The van der Waals surface area contributed by atoms with Gasteiger partial charge in [-0.2, -0.15) is 0 Å². The smallest absolute Gasteiger partial charge is 0.232 e. The molecule has 4 rings (SSSR count). The highest BCUT2D eigenvalue weighted by atomic mass is 32.2. The lowest BCUT2D eigenvalue weighted by Crippen LogP contribution is -2.61. The molecule has 136 valence electrons. The molecule has 5 atom stereocenters. The molecule has 26 heavy (non-hydrogen) atoms. The number of thiazole rings is 1. The maximum absolute atomic E-state index is 12.4. The molecule has 2 aromatic rings. The predicted octanol–water partition coefficient (Wildman–Crippen LogP) is 4.96.